The predicted octanol–water partition coefficient (Wildman–Crippen LogP) is 5.57. The number of ether oxygens (including phenoxy) is 2. The van der Waals surface area contributed by atoms with Crippen LogP contribution in [0.1, 0.15) is 43.4 Å². The van der Waals surface area contributed by atoms with Gasteiger partial charge in [-0.05, 0) is 54.7 Å². The third kappa shape index (κ3) is 9.25. The molecule has 0 unspecified atom stereocenters. The first kappa shape index (κ1) is 28.8. The van der Waals surface area contributed by atoms with Crippen LogP contribution < -0.4 is 14.8 Å². The molecule has 3 aromatic carbocycles. The average molecular weight is 517 g/mol. The third-order valence-electron chi connectivity index (χ3n) is 6.29. The second-order valence-corrected chi connectivity index (χ2v) is 9.98. The van der Waals surface area contributed by atoms with E-state index in [0.717, 1.165) is 28.2 Å². The molecule has 0 fully saturated rings. The molecule has 0 saturated heterocycles. The largest absolute Gasteiger partial charge is 0.497 e. The van der Waals surface area contributed by atoms with E-state index in [0.29, 0.717) is 38.5 Å². The monoisotopic (exact) mass is 516 g/mol. The van der Waals surface area contributed by atoms with Crippen LogP contribution in [0.4, 0.5) is 0 Å². The summed E-state index contributed by atoms with van der Waals surface area (Å²) in [4.78, 5) is 28.9. The van der Waals surface area contributed by atoms with E-state index in [9.17, 15) is 9.59 Å². The molecule has 202 valence electrons. The van der Waals surface area contributed by atoms with Crippen molar-refractivity contribution in [1.29, 1.82) is 0 Å². The number of carbonyl (C=O) groups is 2. The molecule has 0 aliphatic carbocycles. The summed E-state index contributed by atoms with van der Waals surface area (Å²) in [6.07, 6.45) is 1.27. The molecule has 1 atom stereocenters. The lowest BCUT2D eigenvalue weighted by atomic mass is 10.0. The molecule has 0 spiro atoms. The van der Waals surface area contributed by atoms with E-state index in [4.69, 9.17) is 9.47 Å². The summed E-state index contributed by atoms with van der Waals surface area (Å²) in [5, 5.41) is 3.06. The smallest absolute Gasteiger partial charge is 0.243 e. The van der Waals surface area contributed by atoms with Crippen molar-refractivity contribution in [2.24, 2.45) is 5.92 Å². The first-order chi connectivity index (χ1) is 18.4. The van der Waals surface area contributed by atoms with E-state index >= 15 is 0 Å². The van der Waals surface area contributed by atoms with Gasteiger partial charge in [-0.2, -0.15) is 0 Å². The van der Waals surface area contributed by atoms with Crippen LogP contribution in [0.5, 0.6) is 11.5 Å². The van der Waals surface area contributed by atoms with Crippen LogP contribution in [-0.2, 0) is 22.6 Å². The summed E-state index contributed by atoms with van der Waals surface area (Å²) in [5.74, 6) is 1.61. The number of rotatable bonds is 14. The van der Waals surface area contributed by atoms with E-state index in [1.807, 2.05) is 85.8 Å². The van der Waals surface area contributed by atoms with Gasteiger partial charge >= 0.3 is 0 Å². The van der Waals surface area contributed by atoms with Crippen molar-refractivity contribution >= 4 is 11.8 Å². The first-order valence-corrected chi connectivity index (χ1v) is 13.3. The molecular formula is C32H40N2O4. The fourth-order valence-corrected chi connectivity index (χ4v) is 4.10. The zero-order chi connectivity index (χ0) is 27.3. The molecule has 3 rings (SSSR count). The Balaban J connectivity index is 1.76. The van der Waals surface area contributed by atoms with Crippen molar-refractivity contribution in [3.05, 3.63) is 95.6 Å². The van der Waals surface area contributed by atoms with Gasteiger partial charge in [-0.15, -0.1) is 0 Å². The summed E-state index contributed by atoms with van der Waals surface area (Å²) in [7, 11) is 1.62. The Morgan fingerprint density at radius 3 is 2.16 bits per heavy atom. The van der Waals surface area contributed by atoms with Crippen molar-refractivity contribution in [3.8, 4) is 11.5 Å². The standard InChI is InChI=1S/C32H40N2O4/c1-24(2)22-33-32(36)30(21-26-9-6-5-7-10-26)34(23-27-14-12-25(3)13-15-27)31(35)11-8-20-38-29-18-16-28(37-4)17-19-29/h5-7,9-10,12-19,24,30H,8,11,20-23H2,1-4H3,(H,33,36)/t30-/m1/s1. The van der Waals surface area contributed by atoms with E-state index in [2.05, 4.69) is 19.2 Å². The highest BCUT2D eigenvalue weighted by Gasteiger charge is 2.30. The Labute approximate surface area is 227 Å². The van der Waals surface area contributed by atoms with Crippen LogP contribution in [-0.4, -0.2) is 43.0 Å². The van der Waals surface area contributed by atoms with E-state index in [1.165, 1.54) is 0 Å². The number of hydrogen-bond acceptors (Lipinski definition) is 4. The molecule has 0 aliphatic heterocycles. The minimum Gasteiger partial charge on any atom is -0.497 e. The molecule has 2 amide bonds. The van der Waals surface area contributed by atoms with Gasteiger partial charge < -0.3 is 19.7 Å². The van der Waals surface area contributed by atoms with Crippen molar-refractivity contribution < 1.29 is 19.1 Å². The molecule has 0 bridgehead atoms. The fourth-order valence-electron chi connectivity index (χ4n) is 4.10. The minimum atomic E-state index is -0.618. The molecule has 38 heavy (non-hydrogen) atoms. The summed E-state index contributed by atoms with van der Waals surface area (Å²) in [6.45, 7) is 7.49. The first-order valence-electron chi connectivity index (χ1n) is 13.3. The Kier molecular flexibility index (Phi) is 11.2. The molecule has 3 aromatic rings. The molecule has 6 nitrogen and oxygen atoms in total. The zero-order valence-corrected chi connectivity index (χ0v) is 23.0. The SMILES string of the molecule is COc1ccc(OCCCC(=O)N(Cc2ccc(C)cc2)[C@H](Cc2ccccc2)C(=O)NCC(C)C)cc1. The zero-order valence-electron chi connectivity index (χ0n) is 23.0. The van der Waals surface area contributed by atoms with Crippen LogP contribution in [0, 0.1) is 12.8 Å². The third-order valence-corrected chi connectivity index (χ3v) is 6.29. The molecule has 0 aromatic heterocycles. The highest BCUT2D eigenvalue weighted by atomic mass is 16.5. The van der Waals surface area contributed by atoms with Crippen molar-refractivity contribution in [1.82, 2.24) is 10.2 Å². The predicted molar refractivity (Wildman–Crippen MR) is 151 cm³/mol. The highest BCUT2D eigenvalue weighted by molar-refractivity contribution is 5.88. The molecule has 0 heterocycles. The minimum absolute atomic E-state index is 0.0652. The van der Waals surface area contributed by atoms with Crippen LogP contribution in [0.25, 0.3) is 0 Å². The molecule has 0 saturated carbocycles. The van der Waals surface area contributed by atoms with Crippen LogP contribution in [0.2, 0.25) is 0 Å². The lowest BCUT2D eigenvalue weighted by molar-refractivity contribution is -0.141. The average Bonchev–Trinajstić information content (AvgIpc) is 2.93. The maximum absolute atomic E-state index is 13.7. The van der Waals surface area contributed by atoms with E-state index in [1.54, 1.807) is 12.0 Å². The number of amides is 2. The van der Waals surface area contributed by atoms with Gasteiger partial charge in [0.1, 0.15) is 17.5 Å². The molecule has 6 heteroatoms. The van der Waals surface area contributed by atoms with Gasteiger partial charge in [0, 0.05) is 25.9 Å². The number of carbonyl (C=O) groups excluding carboxylic acids is 2. The molecule has 0 aliphatic rings. The number of nitrogens with one attached hydrogen (secondary N) is 1. The lowest BCUT2D eigenvalue weighted by Crippen LogP contribution is -2.51. The maximum atomic E-state index is 13.7. The number of nitrogens with zero attached hydrogens (tertiary/aromatic N) is 1. The normalized spacial score (nSPS) is 11.6. The summed E-state index contributed by atoms with van der Waals surface area (Å²) < 4.78 is 11.0. The van der Waals surface area contributed by atoms with Crippen molar-refractivity contribution in [3.63, 3.8) is 0 Å². The highest BCUT2D eigenvalue weighted by Crippen LogP contribution is 2.19. The van der Waals surface area contributed by atoms with Gasteiger partial charge in [0.05, 0.1) is 13.7 Å². The van der Waals surface area contributed by atoms with Crippen LogP contribution in [0.3, 0.4) is 0 Å². The van der Waals surface area contributed by atoms with Crippen molar-refractivity contribution in [2.75, 3.05) is 20.3 Å². The Morgan fingerprint density at radius 2 is 1.53 bits per heavy atom. The summed E-state index contributed by atoms with van der Waals surface area (Å²) in [5.41, 5.74) is 3.16. The molecule has 0 radical (unpaired) electrons. The van der Waals surface area contributed by atoms with Gasteiger partial charge in [-0.3, -0.25) is 9.59 Å². The fraction of sp³-hybridized carbons (Fsp3) is 0.375. The Hall–Kier alpha value is -3.80. The quantitative estimate of drug-likeness (QED) is 0.284. The number of benzene rings is 3. The maximum Gasteiger partial charge on any atom is 0.243 e. The molecule has 1 N–H and O–H groups in total. The Morgan fingerprint density at radius 1 is 0.868 bits per heavy atom. The number of aryl methyl sites for hydroxylation is 1. The van der Waals surface area contributed by atoms with E-state index in [-0.39, 0.29) is 18.2 Å². The van der Waals surface area contributed by atoms with Crippen LogP contribution in [0.15, 0.2) is 78.9 Å². The van der Waals surface area contributed by atoms with Gasteiger partial charge in [0.15, 0.2) is 0 Å². The Bertz CT molecular complexity index is 1130. The second kappa shape index (κ2) is 14.8. The second-order valence-electron chi connectivity index (χ2n) is 9.98. The van der Waals surface area contributed by atoms with Gasteiger partial charge in [0.2, 0.25) is 11.8 Å². The van der Waals surface area contributed by atoms with Gasteiger partial charge in [-0.1, -0.05) is 74.0 Å². The lowest BCUT2D eigenvalue weighted by Gasteiger charge is -2.32. The van der Waals surface area contributed by atoms with E-state index < -0.39 is 6.04 Å². The van der Waals surface area contributed by atoms with Crippen LogP contribution >= 0.6 is 0 Å². The topological polar surface area (TPSA) is 67.9 Å². The summed E-state index contributed by atoms with van der Waals surface area (Å²) in [6, 6.07) is 24.7. The number of methoxy groups -OCH3 is 1. The molecular weight excluding hydrogens is 476 g/mol. The van der Waals surface area contributed by atoms with Crippen molar-refractivity contribution in [2.45, 2.75) is 52.6 Å². The summed E-state index contributed by atoms with van der Waals surface area (Å²) >= 11 is 0. The van der Waals surface area contributed by atoms with Gasteiger partial charge in [0.25, 0.3) is 0 Å². The van der Waals surface area contributed by atoms with Gasteiger partial charge in [-0.25, -0.2) is 0 Å². The number of hydrogen-bond donors (Lipinski definition) is 1.